The maximum atomic E-state index is 10.6. The number of benzene rings is 1. The zero-order valence-corrected chi connectivity index (χ0v) is 16.1. The van der Waals surface area contributed by atoms with Gasteiger partial charge in [-0.15, -0.1) is 0 Å². The van der Waals surface area contributed by atoms with Gasteiger partial charge in [0.2, 0.25) is 0 Å². The summed E-state index contributed by atoms with van der Waals surface area (Å²) in [4.78, 5) is 35.1. The minimum Gasteiger partial charge on any atom is -0.504 e. The second-order valence-electron chi connectivity index (χ2n) is 4.15. The number of aldehydes is 1. The van der Waals surface area contributed by atoms with Crippen LogP contribution in [0.4, 0.5) is 0 Å². The third-order valence-electron chi connectivity index (χ3n) is 2.63. The average Bonchev–Trinajstić information content (AvgIpc) is 2.55. The van der Waals surface area contributed by atoms with Crippen LogP contribution in [0.1, 0.15) is 31.3 Å². The number of hydrogen-bond donors (Lipinski definition) is 3. The van der Waals surface area contributed by atoms with Crippen LogP contribution >= 0.6 is 0 Å². The van der Waals surface area contributed by atoms with E-state index in [2.05, 4.69) is 4.98 Å². The number of pyridine rings is 1. The molecule has 0 aliphatic carbocycles. The second kappa shape index (κ2) is 10.3. The van der Waals surface area contributed by atoms with Crippen LogP contribution in [0.2, 0.25) is 0 Å². The van der Waals surface area contributed by atoms with Crippen molar-refractivity contribution < 1.29 is 24.2 Å². The molecule has 0 aliphatic heterocycles. The molecule has 2 rings (SSSR count). The van der Waals surface area contributed by atoms with Crippen LogP contribution in [0, 0.1) is 0 Å². The number of aromatic nitrogens is 1. The van der Waals surface area contributed by atoms with E-state index in [1.54, 1.807) is 12.1 Å². The molecule has 0 bridgehead atoms. The standard InChI is InChI=1S/C8H8O3.C7H7N3O2.Bi/c1-11-7-4-2-3-6(5-9)8(7)10;8-6(11)4-2-1-3-5(10-4)7(9)12;/h2-5,10H,1H3;1-3H,(H2,8,11)(H2,9,12);. The van der Waals surface area contributed by atoms with E-state index in [9.17, 15) is 19.5 Å². The number of para-hydroxylation sites is 1. The second-order valence-corrected chi connectivity index (χ2v) is 4.15. The molecule has 0 saturated heterocycles. The van der Waals surface area contributed by atoms with Crippen LogP contribution in [0.5, 0.6) is 11.5 Å². The van der Waals surface area contributed by atoms with Crippen molar-refractivity contribution in [1.82, 2.24) is 4.98 Å². The van der Waals surface area contributed by atoms with Gasteiger partial charge in [-0.2, -0.15) is 0 Å². The minimum atomic E-state index is -0.682. The van der Waals surface area contributed by atoms with E-state index in [-0.39, 0.29) is 48.9 Å². The Balaban J connectivity index is 0.000000425. The fourth-order valence-electron chi connectivity index (χ4n) is 1.51. The SMILES string of the molecule is COc1cccc(C=O)c1O.NC(=O)c1cccc(C(N)=O)n1.[Bi]. The fourth-order valence-corrected chi connectivity index (χ4v) is 1.51. The predicted octanol–water partition coefficient (Wildman–Crippen LogP) is 0.112. The predicted molar refractivity (Wildman–Crippen MR) is 87.1 cm³/mol. The van der Waals surface area contributed by atoms with Gasteiger partial charge in [-0.3, -0.25) is 14.4 Å². The molecule has 1 aromatic heterocycles. The molecule has 2 amide bonds. The molecule has 0 unspecified atom stereocenters. The van der Waals surface area contributed by atoms with Gasteiger partial charge in [0.25, 0.3) is 11.8 Å². The Hall–Kier alpha value is -2.54. The van der Waals surface area contributed by atoms with Gasteiger partial charge in [0.05, 0.1) is 12.7 Å². The van der Waals surface area contributed by atoms with Crippen LogP contribution in [-0.2, 0) is 0 Å². The summed E-state index contributed by atoms with van der Waals surface area (Å²) < 4.78 is 4.78. The van der Waals surface area contributed by atoms with Gasteiger partial charge in [0.1, 0.15) is 11.4 Å². The van der Waals surface area contributed by atoms with Crippen molar-refractivity contribution >= 4 is 44.3 Å². The Bertz CT molecular complexity index is 708. The van der Waals surface area contributed by atoms with Gasteiger partial charge in [-0.1, -0.05) is 12.1 Å². The maximum Gasteiger partial charge on any atom is 0.267 e. The Morgan fingerprint density at radius 2 is 1.58 bits per heavy atom. The number of amides is 2. The number of ether oxygens (including phenoxy) is 1. The largest absolute Gasteiger partial charge is 0.504 e. The summed E-state index contributed by atoms with van der Waals surface area (Å²) in [5.41, 5.74) is 10.2. The van der Waals surface area contributed by atoms with E-state index < -0.39 is 11.8 Å². The van der Waals surface area contributed by atoms with Crippen molar-refractivity contribution in [3.63, 3.8) is 0 Å². The summed E-state index contributed by atoms with van der Waals surface area (Å²) >= 11 is 0. The third kappa shape index (κ3) is 5.93. The van der Waals surface area contributed by atoms with E-state index in [0.29, 0.717) is 12.0 Å². The summed E-state index contributed by atoms with van der Waals surface area (Å²) in [6, 6.07) is 9.06. The van der Waals surface area contributed by atoms with Gasteiger partial charge in [0.15, 0.2) is 17.8 Å². The number of hydrogen-bond acceptors (Lipinski definition) is 6. The first-order chi connectivity index (χ1) is 10.9. The van der Waals surface area contributed by atoms with E-state index in [4.69, 9.17) is 16.2 Å². The fraction of sp³-hybridized carbons (Fsp3) is 0.0667. The van der Waals surface area contributed by atoms with Crippen LogP contribution < -0.4 is 16.2 Å². The molecular weight excluding hydrogens is 511 g/mol. The number of nitrogens with zero attached hydrogens (tertiary/aromatic N) is 1. The molecule has 0 aliphatic rings. The Morgan fingerprint density at radius 3 is 2.00 bits per heavy atom. The van der Waals surface area contributed by atoms with Gasteiger partial charge in [-0.05, 0) is 24.3 Å². The topological polar surface area (TPSA) is 146 Å². The molecule has 0 saturated carbocycles. The molecule has 1 heterocycles. The summed E-state index contributed by atoms with van der Waals surface area (Å²) in [6.07, 6.45) is 0.581. The molecular formula is C15H15BiN3O5. The molecule has 125 valence electrons. The summed E-state index contributed by atoms with van der Waals surface area (Å²) in [5.74, 6) is -1.16. The van der Waals surface area contributed by atoms with Gasteiger partial charge < -0.3 is 21.3 Å². The molecule has 1 aromatic carbocycles. The van der Waals surface area contributed by atoms with E-state index in [1.165, 1.54) is 31.4 Å². The van der Waals surface area contributed by atoms with Crippen LogP contribution in [0.15, 0.2) is 36.4 Å². The third-order valence-corrected chi connectivity index (χ3v) is 2.63. The van der Waals surface area contributed by atoms with Crippen molar-refractivity contribution in [2.75, 3.05) is 7.11 Å². The molecule has 2 aromatic rings. The number of aromatic hydroxyl groups is 1. The molecule has 9 heteroatoms. The van der Waals surface area contributed by atoms with E-state index in [1.807, 2.05) is 0 Å². The van der Waals surface area contributed by atoms with Crippen LogP contribution in [0.25, 0.3) is 0 Å². The molecule has 0 fully saturated rings. The first kappa shape index (κ1) is 21.5. The number of carbonyl (C=O) groups is 3. The van der Waals surface area contributed by atoms with Gasteiger partial charge in [-0.25, -0.2) is 4.98 Å². The number of primary amides is 2. The molecule has 3 radical (unpaired) electrons. The maximum absolute atomic E-state index is 10.6. The quantitative estimate of drug-likeness (QED) is 0.381. The monoisotopic (exact) mass is 526 g/mol. The Kier molecular flexibility index (Phi) is 9.19. The number of phenols is 1. The summed E-state index contributed by atoms with van der Waals surface area (Å²) in [7, 11) is 1.43. The molecule has 5 N–H and O–H groups in total. The Labute approximate surface area is 156 Å². The van der Waals surface area contributed by atoms with Crippen molar-refractivity contribution in [2.24, 2.45) is 11.5 Å². The normalized spacial score (nSPS) is 8.88. The first-order valence-corrected chi connectivity index (χ1v) is 6.28. The van der Waals surface area contributed by atoms with Crippen LogP contribution in [-0.4, -0.2) is 61.5 Å². The number of rotatable bonds is 4. The van der Waals surface area contributed by atoms with Gasteiger partial charge >= 0.3 is 0 Å². The summed E-state index contributed by atoms with van der Waals surface area (Å²) in [6.45, 7) is 0. The first-order valence-electron chi connectivity index (χ1n) is 6.28. The van der Waals surface area contributed by atoms with E-state index >= 15 is 0 Å². The Morgan fingerprint density at radius 1 is 1.08 bits per heavy atom. The molecule has 24 heavy (non-hydrogen) atoms. The average molecular weight is 526 g/mol. The number of phenolic OH excluding ortho intramolecular Hbond substituents is 1. The zero-order chi connectivity index (χ0) is 17.4. The van der Waals surface area contributed by atoms with Crippen molar-refractivity contribution in [2.45, 2.75) is 0 Å². The minimum absolute atomic E-state index is 0. The molecule has 8 nitrogen and oxygen atoms in total. The van der Waals surface area contributed by atoms with Crippen molar-refractivity contribution in [3.8, 4) is 11.5 Å². The number of methoxy groups -OCH3 is 1. The molecule has 0 atom stereocenters. The summed E-state index contributed by atoms with van der Waals surface area (Å²) in [5, 5.41) is 9.23. The van der Waals surface area contributed by atoms with Crippen LogP contribution in [0.3, 0.4) is 0 Å². The number of carbonyl (C=O) groups excluding carboxylic acids is 3. The van der Waals surface area contributed by atoms with Gasteiger partial charge in [0, 0.05) is 26.2 Å². The molecule has 0 spiro atoms. The van der Waals surface area contributed by atoms with E-state index in [0.717, 1.165) is 0 Å². The number of nitrogens with two attached hydrogens (primary N) is 2. The smallest absolute Gasteiger partial charge is 0.267 e. The van der Waals surface area contributed by atoms with Crippen molar-refractivity contribution in [3.05, 3.63) is 53.3 Å². The zero-order valence-electron chi connectivity index (χ0n) is 12.7. The van der Waals surface area contributed by atoms with Crippen molar-refractivity contribution in [1.29, 1.82) is 0 Å².